The van der Waals surface area contributed by atoms with Crippen LogP contribution in [0.5, 0.6) is 0 Å². The summed E-state index contributed by atoms with van der Waals surface area (Å²) in [5.74, 6) is 0.671. The third-order valence-corrected chi connectivity index (χ3v) is 2.89. The van der Waals surface area contributed by atoms with E-state index in [1.165, 1.54) is 26.6 Å². The zero-order chi connectivity index (χ0) is 9.26. The van der Waals surface area contributed by atoms with Crippen molar-refractivity contribution in [1.82, 2.24) is 4.90 Å². The van der Waals surface area contributed by atoms with Gasteiger partial charge in [0.15, 0.2) is 5.17 Å². The summed E-state index contributed by atoms with van der Waals surface area (Å²) in [4.78, 5) is 7.04. The van der Waals surface area contributed by atoms with Gasteiger partial charge in [0.05, 0.1) is 0 Å². The highest BCUT2D eigenvalue weighted by Gasteiger charge is 2.27. The van der Waals surface area contributed by atoms with Crippen LogP contribution in [0.2, 0.25) is 0 Å². The number of oxime groups is 1. The lowest BCUT2D eigenvalue weighted by Crippen LogP contribution is -2.28. The summed E-state index contributed by atoms with van der Waals surface area (Å²) < 4.78 is 0. The summed E-state index contributed by atoms with van der Waals surface area (Å²) >= 11 is 5.95. The molecule has 2 bridgehead atoms. The number of halogens is 1. The van der Waals surface area contributed by atoms with Crippen LogP contribution in [0.25, 0.3) is 0 Å². The first-order valence-corrected chi connectivity index (χ1v) is 4.87. The van der Waals surface area contributed by atoms with Crippen LogP contribution in [0.3, 0.4) is 0 Å². The highest BCUT2D eigenvalue weighted by Crippen LogP contribution is 2.26. The predicted octanol–water partition coefficient (Wildman–Crippen LogP) is 1.45. The van der Waals surface area contributed by atoms with Crippen LogP contribution in [0.1, 0.15) is 6.42 Å². The zero-order valence-electron chi connectivity index (χ0n) is 7.66. The highest BCUT2D eigenvalue weighted by atomic mass is 35.5. The van der Waals surface area contributed by atoms with E-state index < -0.39 is 0 Å². The van der Waals surface area contributed by atoms with Crippen LogP contribution in [0.15, 0.2) is 16.8 Å². The second kappa shape index (κ2) is 3.68. The van der Waals surface area contributed by atoms with Gasteiger partial charge in [-0.15, -0.1) is 0 Å². The van der Waals surface area contributed by atoms with Gasteiger partial charge in [0, 0.05) is 18.7 Å². The van der Waals surface area contributed by atoms with E-state index in [4.69, 9.17) is 11.6 Å². The summed E-state index contributed by atoms with van der Waals surface area (Å²) in [6, 6.07) is 0. The molecular weight excluding hydrogens is 188 g/mol. The maximum atomic E-state index is 5.95. The number of hydrogen-bond donors (Lipinski definition) is 0. The van der Waals surface area contributed by atoms with Gasteiger partial charge in [-0.25, -0.2) is 0 Å². The first-order valence-electron chi connectivity index (χ1n) is 4.49. The Balaban J connectivity index is 2.12. The van der Waals surface area contributed by atoms with Crippen molar-refractivity contribution in [3.05, 3.63) is 11.6 Å². The number of hydrogen-bond acceptors (Lipinski definition) is 3. The topological polar surface area (TPSA) is 24.8 Å². The van der Waals surface area contributed by atoms with E-state index in [2.05, 4.69) is 21.0 Å². The van der Waals surface area contributed by atoms with Gasteiger partial charge in [0.25, 0.3) is 0 Å². The molecule has 0 spiro atoms. The molecular formula is C9H13ClN2O. The molecule has 0 aliphatic carbocycles. The standard InChI is InChI=1S/C9H13ClN2O/c1-13-11-9(10)8-4-7-2-3-12(5-7)6-8/h4,7H,2-3,5-6H2,1H3/b11-9-. The number of fused-ring (bicyclic) bond motifs is 2. The Bertz CT molecular complexity index is 262. The fourth-order valence-corrected chi connectivity index (χ4v) is 2.18. The average Bonchev–Trinajstić information content (AvgIpc) is 2.46. The van der Waals surface area contributed by atoms with Gasteiger partial charge in [-0.05, 0) is 18.9 Å². The fraction of sp³-hybridized carbons (Fsp3) is 0.667. The summed E-state index contributed by atoms with van der Waals surface area (Å²) in [5.41, 5.74) is 1.11. The molecule has 0 aromatic heterocycles. The second-order valence-electron chi connectivity index (χ2n) is 3.54. The molecule has 0 N–H and O–H groups in total. The van der Waals surface area contributed by atoms with Crippen LogP contribution in [0, 0.1) is 5.92 Å². The van der Waals surface area contributed by atoms with Crippen molar-refractivity contribution in [3.8, 4) is 0 Å². The highest BCUT2D eigenvalue weighted by molar-refractivity contribution is 6.69. The minimum absolute atomic E-state index is 0.499. The maximum Gasteiger partial charge on any atom is 0.172 e. The Morgan fingerprint density at radius 1 is 1.77 bits per heavy atom. The first kappa shape index (κ1) is 9.03. The molecule has 0 radical (unpaired) electrons. The van der Waals surface area contributed by atoms with Gasteiger partial charge in [-0.3, -0.25) is 4.90 Å². The van der Waals surface area contributed by atoms with Gasteiger partial charge < -0.3 is 4.84 Å². The molecule has 1 fully saturated rings. The third-order valence-electron chi connectivity index (χ3n) is 2.58. The molecule has 2 aliphatic heterocycles. The monoisotopic (exact) mass is 200 g/mol. The maximum absolute atomic E-state index is 5.95. The normalized spacial score (nSPS) is 33.1. The van der Waals surface area contributed by atoms with Crippen molar-refractivity contribution >= 4 is 16.8 Å². The van der Waals surface area contributed by atoms with Crippen molar-refractivity contribution in [2.75, 3.05) is 26.7 Å². The van der Waals surface area contributed by atoms with Gasteiger partial charge in [-0.1, -0.05) is 22.8 Å². The van der Waals surface area contributed by atoms with Gasteiger partial charge in [-0.2, -0.15) is 0 Å². The Morgan fingerprint density at radius 3 is 3.31 bits per heavy atom. The molecule has 2 unspecified atom stereocenters. The van der Waals surface area contributed by atoms with Crippen LogP contribution in [0.4, 0.5) is 0 Å². The zero-order valence-corrected chi connectivity index (χ0v) is 8.42. The lowest BCUT2D eigenvalue weighted by molar-refractivity contribution is 0.214. The quantitative estimate of drug-likeness (QED) is 0.498. The van der Waals surface area contributed by atoms with Crippen molar-refractivity contribution < 1.29 is 4.84 Å². The molecule has 4 heteroatoms. The summed E-state index contributed by atoms with van der Waals surface area (Å²) in [5, 5.41) is 4.23. The molecule has 72 valence electrons. The molecule has 0 saturated carbocycles. The van der Waals surface area contributed by atoms with Crippen LogP contribution >= 0.6 is 11.6 Å². The van der Waals surface area contributed by atoms with Crippen molar-refractivity contribution in [3.63, 3.8) is 0 Å². The Morgan fingerprint density at radius 2 is 2.62 bits per heavy atom. The largest absolute Gasteiger partial charge is 0.398 e. The molecule has 0 aromatic carbocycles. The molecule has 13 heavy (non-hydrogen) atoms. The molecule has 0 amide bonds. The molecule has 2 heterocycles. The Hall–Kier alpha value is -0.540. The smallest absolute Gasteiger partial charge is 0.172 e. The Kier molecular flexibility index (Phi) is 2.56. The van der Waals surface area contributed by atoms with E-state index in [-0.39, 0.29) is 0 Å². The molecule has 2 aliphatic rings. The summed E-state index contributed by atoms with van der Waals surface area (Å²) in [6.45, 7) is 3.28. The Labute approximate surface area is 83.0 Å². The van der Waals surface area contributed by atoms with Gasteiger partial charge >= 0.3 is 0 Å². The first-order chi connectivity index (χ1) is 6.29. The fourth-order valence-electron chi connectivity index (χ4n) is 1.99. The lowest BCUT2D eigenvalue weighted by Gasteiger charge is -2.21. The van der Waals surface area contributed by atoms with Crippen LogP contribution < -0.4 is 0 Å². The van der Waals surface area contributed by atoms with Gasteiger partial charge in [0.2, 0.25) is 0 Å². The van der Waals surface area contributed by atoms with Crippen molar-refractivity contribution in [2.45, 2.75) is 6.42 Å². The van der Waals surface area contributed by atoms with E-state index in [1.54, 1.807) is 0 Å². The summed E-state index contributed by atoms with van der Waals surface area (Å²) in [6.07, 6.45) is 3.48. The van der Waals surface area contributed by atoms with Crippen molar-refractivity contribution in [1.29, 1.82) is 0 Å². The predicted molar refractivity (Wildman–Crippen MR) is 52.9 cm³/mol. The van der Waals surface area contributed by atoms with Crippen LogP contribution in [-0.4, -0.2) is 36.8 Å². The molecule has 3 nitrogen and oxygen atoms in total. The second-order valence-corrected chi connectivity index (χ2v) is 3.90. The minimum Gasteiger partial charge on any atom is -0.398 e. The average molecular weight is 201 g/mol. The molecule has 1 saturated heterocycles. The molecule has 0 aromatic rings. The van der Waals surface area contributed by atoms with E-state index >= 15 is 0 Å². The number of rotatable bonds is 2. The van der Waals surface area contributed by atoms with E-state index in [1.807, 2.05) is 0 Å². The number of nitrogens with zero attached hydrogens (tertiary/aromatic N) is 2. The van der Waals surface area contributed by atoms with E-state index in [9.17, 15) is 0 Å². The van der Waals surface area contributed by atoms with Crippen molar-refractivity contribution in [2.24, 2.45) is 11.1 Å². The van der Waals surface area contributed by atoms with Gasteiger partial charge in [0.1, 0.15) is 7.11 Å². The lowest BCUT2D eigenvalue weighted by atomic mass is 10.0. The van der Waals surface area contributed by atoms with Crippen LogP contribution in [-0.2, 0) is 4.84 Å². The van der Waals surface area contributed by atoms with E-state index in [0.717, 1.165) is 12.1 Å². The summed E-state index contributed by atoms with van der Waals surface area (Å²) in [7, 11) is 1.51. The third kappa shape index (κ3) is 1.86. The minimum atomic E-state index is 0.499. The van der Waals surface area contributed by atoms with E-state index in [0.29, 0.717) is 11.1 Å². The molecule has 2 atom stereocenters. The molecule has 2 rings (SSSR count). The SMILES string of the molecule is CO/N=C(\Cl)C1=CC2CCN(C1)C2.